The fraction of sp³-hybridized carbons (Fsp3) is 0.471. The topological polar surface area (TPSA) is 89.9 Å². The van der Waals surface area contributed by atoms with Gasteiger partial charge in [0, 0.05) is 17.8 Å². The Morgan fingerprint density at radius 3 is 2.72 bits per heavy atom. The van der Waals surface area contributed by atoms with E-state index in [2.05, 4.69) is 30.3 Å². The zero-order valence-corrected chi connectivity index (χ0v) is 15.6. The number of anilines is 1. The van der Waals surface area contributed by atoms with Gasteiger partial charge in [0.15, 0.2) is 10.9 Å². The molecule has 2 aromatic rings. The summed E-state index contributed by atoms with van der Waals surface area (Å²) in [7, 11) is 0. The first-order chi connectivity index (χ1) is 11.7. The van der Waals surface area contributed by atoms with Crippen molar-refractivity contribution in [1.29, 1.82) is 0 Å². The van der Waals surface area contributed by atoms with Crippen molar-refractivity contribution < 1.29 is 14.3 Å². The molecule has 1 fully saturated rings. The Hall–Kier alpha value is -2.35. The van der Waals surface area contributed by atoms with Crippen LogP contribution in [-0.4, -0.2) is 35.8 Å². The minimum atomic E-state index is -0.906. The molecule has 8 heteroatoms. The summed E-state index contributed by atoms with van der Waals surface area (Å²) < 4.78 is 8.24. The number of hydrogen-bond acceptors (Lipinski definition) is 5. The van der Waals surface area contributed by atoms with Crippen LogP contribution < -0.4 is 15.4 Å². The number of cyclic esters (lactones) is 1. The number of thiazole rings is 1. The lowest BCUT2D eigenvalue weighted by molar-refractivity contribution is -0.124. The quantitative estimate of drug-likeness (QED) is 0.907. The van der Waals surface area contributed by atoms with Gasteiger partial charge in [-0.1, -0.05) is 11.3 Å². The van der Waals surface area contributed by atoms with Crippen molar-refractivity contribution in [3.63, 3.8) is 0 Å². The van der Waals surface area contributed by atoms with E-state index >= 15 is 0 Å². The van der Waals surface area contributed by atoms with Gasteiger partial charge in [-0.3, -0.25) is 14.7 Å². The van der Waals surface area contributed by atoms with E-state index in [1.807, 2.05) is 25.1 Å². The summed E-state index contributed by atoms with van der Waals surface area (Å²) in [6, 6.07) is 5.77. The predicted molar refractivity (Wildman–Crippen MR) is 97.7 cm³/mol. The van der Waals surface area contributed by atoms with Gasteiger partial charge in [0.25, 0.3) is 5.91 Å². The lowest BCUT2D eigenvalue weighted by Crippen LogP contribution is -2.32. The highest BCUT2D eigenvalue weighted by molar-refractivity contribution is 7.16. The summed E-state index contributed by atoms with van der Waals surface area (Å²) in [5, 5.41) is 0. The number of fused-ring (bicyclic) bond motifs is 1. The van der Waals surface area contributed by atoms with E-state index in [4.69, 9.17) is 10.5 Å². The molecule has 1 atom stereocenters. The van der Waals surface area contributed by atoms with Gasteiger partial charge in [0.05, 0.1) is 16.8 Å². The average molecular weight is 362 g/mol. The molecular weight excluding hydrogens is 340 g/mol. The van der Waals surface area contributed by atoms with Crippen molar-refractivity contribution in [2.45, 2.75) is 39.3 Å². The highest BCUT2D eigenvalue weighted by atomic mass is 32.1. The number of amides is 2. The van der Waals surface area contributed by atoms with Crippen LogP contribution in [0.2, 0.25) is 0 Å². The lowest BCUT2D eigenvalue weighted by Gasteiger charge is -2.22. The number of nitrogens with zero attached hydrogens (tertiary/aromatic N) is 3. The first kappa shape index (κ1) is 17.5. The van der Waals surface area contributed by atoms with Crippen molar-refractivity contribution in [2.75, 3.05) is 18.0 Å². The minimum absolute atomic E-state index is 0.114. The maximum Gasteiger partial charge on any atom is 0.415 e. The van der Waals surface area contributed by atoms with Crippen LogP contribution in [0.4, 0.5) is 10.5 Å². The Kier molecular flexibility index (Phi) is 4.32. The Balaban J connectivity index is 2.09. The molecule has 1 aromatic carbocycles. The van der Waals surface area contributed by atoms with Crippen LogP contribution in [0.1, 0.15) is 27.7 Å². The van der Waals surface area contributed by atoms with E-state index in [0.29, 0.717) is 12.2 Å². The molecule has 134 valence electrons. The molecule has 3 rings (SSSR count). The number of aromatic nitrogens is 1. The standard InChI is InChI=1S/C17H22N4O3S/c1-5-19-15-21(17(2,3)4)11-7-6-10(8-13(11)25-15)20-9-12(14(18)22)24-16(20)23/h6-8,12H,5,9H2,1-4H3,(H2,18,22). The molecule has 0 saturated carbocycles. The molecule has 0 aliphatic carbocycles. The van der Waals surface area contributed by atoms with Gasteiger partial charge in [0.1, 0.15) is 0 Å². The van der Waals surface area contributed by atoms with Crippen LogP contribution in [0.15, 0.2) is 23.2 Å². The van der Waals surface area contributed by atoms with E-state index < -0.39 is 18.1 Å². The molecule has 0 bridgehead atoms. The van der Waals surface area contributed by atoms with E-state index in [1.165, 1.54) is 4.90 Å². The van der Waals surface area contributed by atoms with Crippen LogP contribution in [0.5, 0.6) is 0 Å². The summed E-state index contributed by atoms with van der Waals surface area (Å²) in [6.45, 7) is 9.25. The van der Waals surface area contributed by atoms with E-state index in [0.717, 1.165) is 15.0 Å². The Labute approximate surface area is 149 Å². The number of ether oxygens (including phenoxy) is 1. The summed E-state index contributed by atoms with van der Waals surface area (Å²) in [4.78, 5) is 30.3. The van der Waals surface area contributed by atoms with Gasteiger partial charge in [-0.15, -0.1) is 0 Å². The van der Waals surface area contributed by atoms with Crippen LogP contribution in [0, 0.1) is 0 Å². The third kappa shape index (κ3) is 3.13. The summed E-state index contributed by atoms with van der Waals surface area (Å²) in [5.74, 6) is -0.636. The van der Waals surface area contributed by atoms with Crippen molar-refractivity contribution in [3.8, 4) is 0 Å². The molecule has 0 radical (unpaired) electrons. The van der Waals surface area contributed by atoms with Crippen molar-refractivity contribution in [1.82, 2.24) is 4.57 Å². The third-order valence-electron chi connectivity index (χ3n) is 3.98. The smallest absolute Gasteiger partial charge is 0.415 e. The number of carbonyl (C=O) groups excluding carboxylic acids is 2. The van der Waals surface area contributed by atoms with Crippen molar-refractivity contribution >= 4 is 39.2 Å². The monoisotopic (exact) mass is 362 g/mol. The number of hydrogen-bond donors (Lipinski definition) is 1. The van der Waals surface area contributed by atoms with E-state index in [9.17, 15) is 9.59 Å². The number of carbonyl (C=O) groups is 2. The van der Waals surface area contributed by atoms with Gasteiger partial charge in [-0.25, -0.2) is 4.79 Å². The third-order valence-corrected chi connectivity index (χ3v) is 5.02. The summed E-state index contributed by atoms with van der Waals surface area (Å²) in [6.07, 6.45) is -1.46. The zero-order valence-electron chi connectivity index (χ0n) is 14.8. The lowest BCUT2D eigenvalue weighted by atomic mass is 10.1. The number of rotatable bonds is 3. The Bertz CT molecular complexity index is 907. The first-order valence-electron chi connectivity index (χ1n) is 8.16. The molecule has 2 heterocycles. The molecule has 25 heavy (non-hydrogen) atoms. The van der Waals surface area contributed by atoms with Gasteiger partial charge < -0.3 is 15.0 Å². The maximum atomic E-state index is 12.0. The highest BCUT2D eigenvalue weighted by Crippen LogP contribution is 2.30. The number of primary amides is 1. The minimum Gasteiger partial charge on any atom is -0.434 e. The molecule has 0 spiro atoms. The summed E-state index contributed by atoms with van der Waals surface area (Å²) >= 11 is 1.58. The molecule has 2 amide bonds. The second kappa shape index (κ2) is 6.18. The molecule has 1 aliphatic heterocycles. The fourth-order valence-electron chi connectivity index (χ4n) is 2.89. The molecule has 1 unspecified atom stereocenters. The van der Waals surface area contributed by atoms with Gasteiger partial charge >= 0.3 is 6.09 Å². The number of benzene rings is 1. The zero-order chi connectivity index (χ0) is 18.4. The van der Waals surface area contributed by atoms with Gasteiger partial charge in [-0.05, 0) is 45.9 Å². The molecule has 1 aliphatic rings. The second-order valence-corrected chi connectivity index (χ2v) is 7.91. The van der Waals surface area contributed by atoms with Gasteiger partial charge in [-0.2, -0.15) is 0 Å². The molecule has 1 aromatic heterocycles. The molecule has 2 N–H and O–H groups in total. The molecule has 1 saturated heterocycles. The molecule has 7 nitrogen and oxygen atoms in total. The number of nitrogens with two attached hydrogens (primary N) is 1. The average Bonchev–Trinajstić information content (AvgIpc) is 3.06. The largest absolute Gasteiger partial charge is 0.434 e. The highest BCUT2D eigenvalue weighted by Gasteiger charge is 2.36. The van der Waals surface area contributed by atoms with Crippen LogP contribution in [0.25, 0.3) is 10.2 Å². The van der Waals surface area contributed by atoms with Crippen molar-refractivity contribution in [2.24, 2.45) is 10.7 Å². The second-order valence-electron chi connectivity index (χ2n) is 6.90. The van der Waals surface area contributed by atoms with E-state index in [-0.39, 0.29) is 12.1 Å². The fourth-order valence-corrected chi connectivity index (χ4v) is 4.19. The Morgan fingerprint density at radius 2 is 2.16 bits per heavy atom. The maximum absolute atomic E-state index is 12.0. The normalized spacial score (nSPS) is 18.9. The molecular formula is C17H22N4O3S. The van der Waals surface area contributed by atoms with Crippen LogP contribution in [-0.2, 0) is 15.1 Å². The van der Waals surface area contributed by atoms with E-state index in [1.54, 1.807) is 11.3 Å². The Morgan fingerprint density at radius 1 is 1.44 bits per heavy atom. The van der Waals surface area contributed by atoms with Gasteiger partial charge in [0.2, 0.25) is 0 Å². The summed E-state index contributed by atoms with van der Waals surface area (Å²) in [5.41, 5.74) is 6.87. The van der Waals surface area contributed by atoms with Crippen LogP contribution >= 0.6 is 11.3 Å². The van der Waals surface area contributed by atoms with Crippen molar-refractivity contribution in [3.05, 3.63) is 23.0 Å². The van der Waals surface area contributed by atoms with Crippen LogP contribution in [0.3, 0.4) is 0 Å². The first-order valence-corrected chi connectivity index (χ1v) is 8.98. The predicted octanol–water partition coefficient (Wildman–Crippen LogP) is 2.19. The SMILES string of the molecule is CCN=c1sc2cc(N3CC(C(N)=O)OC3=O)ccc2n1C(C)(C)C.